The number of nitrogens with two attached hydrogens (primary N) is 2. The van der Waals surface area contributed by atoms with Crippen LogP contribution in [0.3, 0.4) is 0 Å². The molecule has 588 valence electrons. The smallest absolute Gasteiger partial charge is 0.475 e. The number of aliphatic hydroxyl groups is 5. The molecule has 2 aromatic heterocycles. The normalized spacial score (nSPS) is 26.6. The first-order valence-electron chi connectivity index (χ1n) is 33.5. The average molecular weight is 1710 g/mol. The largest absolute Gasteiger partial charge is 0.573 e. The fourth-order valence-electron chi connectivity index (χ4n) is 13.1. The van der Waals surface area contributed by atoms with Crippen LogP contribution in [-0.2, 0) is 61.7 Å². The van der Waals surface area contributed by atoms with Crippen molar-refractivity contribution in [1.82, 2.24) is 19.7 Å². The van der Waals surface area contributed by atoms with E-state index in [-0.39, 0.29) is 61.5 Å². The number of carboxylic acid groups (broad SMARTS) is 1. The van der Waals surface area contributed by atoms with Crippen molar-refractivity contribution < 1.29 is 114 Å². The fraction of sp³-hybridized carbons (Fsp3) is 0.597. The molecule has 0 bridgehead atoms. The number of carboxylic acids is 1. The Hall–Kier alpha value is -5.72. The average Bonchev–Trinajstić information content (AvgIpc) is 1.58. The summed E-state index contributed by atoms with van der Waals surface area (Å²) < 4.78 is 109. The molecule has 2 aromatic carbocycles. The number of thiazole rings is 1. The lowest BCUT2D eigenvalue weighted by Gasteiger charge is -2.45. The maximum atomic E-state index is 13.0. The highest BCUT2D eigenvalue weighted by Crippen LogP contribution is 2.48. The van der Waals surface area contributed by atoms with Crippen molar-refractivity contribution in [2.75, 3.05) is 28.7 Å². The molecule has 0 radical (unpaired) electrons. The summed E-state index contributed by atoms with van der Waals surface area (Å²) in [5, 5.41) is 67.6. The minimum absolute atomic E-state index is 0.0331. The van der Waals surface area contributed by atoms with E-state index in [9.17, 15) is 80.6 Å². The second kappa shape index (κ2) is 36.9. The van der Waals surface area contributed by atoms with Crippen LogP contribution in [0.15, 0.2) is 54.1 Å². The number of anilines is 2. The molecule has 10 unspecified atom stereocenters. The van der Waals surface area contributed by atoms with Crippen molar-refractivity contribution in [3.63, 3.8) is 0 Å². The maximum absolute atomic E-state index is 13.0. The van der Waals surface area contributed by atoms with Gasteiger partial charge in [-0.2, -0.15) is 18.3 Å². The number of nitrogens with zero attached hydrogens (tertiary/aromatic N) is 5. The maximum Gasteiger partial charge on any atom is 0.573 e. The highest BCUT2D eigenvalue weighted by Gasteiger charge is 2.52. The van der Waals surface area contributed by atoms with Gasteiger partial charge in [-0.05, 0) is 169 Å². The number of esters is 2. The Kier molecular flexibility index (Phi) is 30.4. The van der Waals surface area contributed by atoms with E-state index >= 15 is 0 Å². The monoisotopic (exact) mass is 1710 g/mol. The van der Waals surface area contributed by atoms with E-state index in [1.165, 1.54) is 67.2 Å². The zero-order valence-electron chi connectivity index (χ0n) is 59.3. The van der Waals surface area contributed by atoms with Crippen LogP contribution in [0.4, 0.5) is 37.7 Å². The number of fused-ring (bicyclic) bond motifs is 1. The number of aromatic nitrogens is 3. The van der Waals surface area contributed by atoms with Gasteiger partial charge in [0, 0.05) is 57.8 Å². The number of halogens is 9. The Morgan fingerprint density at radius 3 is 1.94 bits per heavy atom. The summed E-state index contributed by atoms with van der Waals surface area (Å²) in [5.41, 5.74) is 13.4. The number of amides is 3. The van der Waals surface area contributed by atoms with Gasteiger partial charge in [0.1, 0.15) is 52.4 Å². The first-order valence-corrected chi connectivity index (χ1v) is 38.2. The number of alkyl halides is 6. The standard InChI is InChI=1S/C17H20ClN3O2.C14H25N3O9.C13H6Br2F6N2O2S.C12H18O4S2.C11H17NO/c1-9-13(15(18)21(5)20-9)16(22)19-12-8-6-7-11-14(12)10(2)23-17(11,3)4;1-3-5(17-12(16)13(23)24)2-4(15)14(25-3)26-11-9(21)7(19)6(18)8(20)10(11)22;1-4-22-10(12(16,17)18)9(26-4)11(24)23-8-6(14)2-5(3-7(8)15)25-13(19,20)21;1-7(2)15-10(13)9(11(14)16-8(3)4)12-17-5-6-18-12;13-10-5-4-8-2-1-3-9-6-7-12(10)11(8)9/h6-8,10H,1-5H3,(H,19,22);3-11,14,18-22H,2,15H2,1H3,(H2,16,17)(H,23,24);2-3H,1H3,(H,23,24);7-8H,5-6H2,1-4H3;8-9,11H,1-7H2/t;3?,4-,5+,6?,7-,8?,9-,10?,11?,14?;;;/m.0.../s1. The molecule has 39 heteroatoms. The number of rotatable bonds is 12. The second-order valence-corrected chi connectivity index (χ2v) is 32.5. The van der Waals surface area contributed by atoms with Gasteiger partial charge in [0.2, 0.25) is 11.7 Å². The van der Waals surface area contributed by atoms with Crippen LogP contribution < -0.4 is 26.8 Å². The molecule has 14 atom stereocenters. The molecule has 11 rings (SSSR count). The lowest BCUT2D eigenvalue weighted by atomic mass is 9.74. The summed E-state index contributed by atoms with van der Waals surface area (Å²) in [5.74, 6) is -1.14. The van der Waals surface area contributed by atoms with Crippen molar-refractivity contribution in [2.45, 2.75) is 218 Å². The number of thioether (sulfide) groups is 2. The Labute approximate surface area is 640 Å². The molecule has 7 heterocycles. The Morgan fingerprint density at radius 1 is 0.849 bits per heavy atom. The van der Waals surface area contributed by atoms with Crippen LogP contribution in [0.1, 0.15) is 154 Å². The Balaban J connectivity index is 0.000000188. The summed E-state index contributed by atoms with van der Waals surface area (Å²) >= 11 is 15.6. The number of nitrogens with one attached hydrogen (secondary N) is 2. The molecule has 2 saturated carbocycles. The van der Waals surface area contributed by atoms with E-state index < -0.39 is 120 Å². The molecule has 5 aliphatic heterocycles. The van der Waals surface area contributed by atoms with Gasteiger partial charge in [0.05, 0.1) is 68.3 Å². The van der Waals surface area contributed by atoms with Crippen LogP contribution in [0.2, 0.25) is 5.15 Å². The Bertz CT molecular complexity index is 3840. The number of hydrogen-bond donors (Lipinski definition) is 10. The van der Waals surface area contributed by atoms with E-state index in [1.807, 2.05) is 39.0 Å². The SMILES string of the molecule is CC(C)OC(=O)C(C(=O)OC(C)C)=C1SCCS1.CC1OC(OC2C(O)C(O)C(O)[C@H](O)[C@@H]2O)[C@@H](N)C[C@H]1N=C(N)C(=O)O.Cc1nc(C(F)(F)F)c(C(=O)Nc2c(Br)cc(OC(F)(F)F)cc2Br)s1.Cc1nn(C)c(Cl)c1C(=O)Nc1cccc2c1C(C)OC2(C)C.O=C1CCC2CCCC3CCN1C23. The van der Waals surface area contributed by atoms with Gasteiger partial charge in [-0.3, -0.25) is 24.1 Å². The van der Waals surface area contributed by atoms with Crippen molar-refractivity contribution in [1.29, 1.82) is 0 Å². The minimum Gasteiger partial charge on any atom is -0.475 e. The van der Waals surface area contributed by atoms with Gasteiger partial charge in [-0.15, -0.1) is 48.0 Å². The van der Waals surface area contributed by atoms with Gasteiger partial charge >= 0.3 is 30.4 Å². The van der Waals surface area contributed by atoms with Crippen LogP contribution in [0, 0.1) is 25.7 Å². The summed E-state index contributed by atoms with van der Waals surface area (Å²) in [6, 6.07) is 6.88. The number of amidine groups is 1. The molecule has 106 heavy (non-hydrogen) atoms. The molecular formula is C67H86Br2ClF6N9O18S3. The molecule has 12 N–H and O–H groups in total. The molecule has 4 saturated heterocycles. The number of aliphatic imine (C=N–C) groups is 1. The topological polar surface area (TPSA) is 402 Å². The van der Waals surface area contributed by atoms with E-state index in [2.05, 4.69) is 67.2 Å². The van der Waals surface area contributed by atoms with Gasteiger partial charge in [0.25, 0.3) is 11.8 Å². The van der Waals surface area contributed by atoms with E-state index in [0.717, 1.165) is 65.3 Å². The lowest BCUT2D eigenvalue weighted by Crippen LogP contribution is -2.66. The van der Waals surface area contributed by atoms with Gasteiger partial charge in [-0.25, -0.2) is 19.4 Å². The minimum atomic E-state index is -4.93. The van der Waals surface area contributed by atoms with Crippen molar-refractivity contribution in [2.24, 2.45) is 35.3 Å². The molecule has 3 amide bonds. The predicted octanol–water partition coefficient (Wildman–Crippen LogP) is 9.95. The zero-order valence-corrected chi connectivity index (χ0v) is 65.7. The predicted molar refractivity (Wildman–Crippen MR) is 388 cm³/mol. The van der Waals surface area contributed by atoms with Gasteiger partial charge in [-0.1, -0.05) is 30.2 Å². The number of benzene rings is 2. The summed E-state index contributed by atoms with van der Waals surface area (Å²) in [6.07, 6.45) is -14.5. The van der Waals surface area contributed by atoms with Gasteiger partial charge < -0.3 is 86.1 Å². The van der Waals surface area contributed by atoms with E-state index in [1.54, 1.807) is 48.6 Å². The van der Waals surface area contributed by atoms with Gasteiger partial charge in [0.15, 0.2) is 17.6 Å². The van der Waals surface area contributed by atoms with Crippen molar-refractivity contribution in [3.8, 4) is 5.75 Å². The highest BCUT2D eigenvalue weighted by atomic mass is 79.9. The number of aliphatic carboxylic acids is 1. The first-order chi connectivity index (χ1) is 49.3. The molecule has 0 spiro atoms. The third-order valence-electron chi connectivity index (χ3n) is 17.7. The molecule has 7 aliphatic rings. The first kappa shape index (κ1) is 87.5. The summed E-state index contributed by atoms with van der Waals surface area (Å²) in [6.45, 7) is 18.8. The number of hydrogen-bond acceptors (Lipinski definition) is 24. The molecule has 6 fully saturated rings. The Morgan fingerprint density at radius 2 is 1.42 bits per heavy atom. The molecular weight excluding hydrogens is 1620 g/mol. The molecule has 4 aromatic rings. The van der Waals surface area contributed by atoms with Crippen molar-refractivity contribution in [3.05, 3.63) is 92.2 Å². The zero-order chi connectivity index (χ0) is 79.1. The van der Waals surface area contributed by atoms with Crippen LogP contribution >= 0.6 is 78.3 Å². The number of carbonyl (C=O) groups excluding carboxylic acids is 5. The van der Waals surface area contributed by atoms with E-state index in [4.69, 9.17) is 51.9 Å². The van der Waals surface area contributed by atoms with Crippen LogP contribution in [-0.4, -0.2) is 196 Å². The number of piperidine rings is 1. The number of carbonyl (C=O) groups is 6. The third kappa shape index (κ3) is 22.1. The quantitative estimate of drug-likeness (QED) is 0.0120. The number of aryl methyl sites for hydroxylation is 3. The molecule has 2 aliphatic carbocycles. The van der Waals surface area contributed by atoms with Crippen LogP contribution in [0.25, 0.3) is 0 Å². The summed E-state index contributed by atoms with van der Waals surface area (Å²) in [7, 11) is 1.71. The van der Waals surface area contributed by atoms with Crippen LogP contribution in [0.5, 0.6) is 5.75 Å². The van der Waals surface area contributed by atoms with E-state index in [0.29, 0.717) is 43.9 Å². The fourth-order valence-corrected chi connectivity index (χ4v) is 18.0. The summed E-state index contributed by atoms with van der Waals surface area (Å²) in [4.78, 5) is 79.9. The second-order valence-electron chi connectivity index (χ2n) is 26.7. The number of aliphatic hydroxyl groups excluding tert-OH is 5. The third-order valence-corrected chi connectivity index (χ3v) is 23.1. The lowest BCUT2D eigenvalue weighted by molar-refractivity contribution is -0.293. The molecule has 27 nitrogen and oxygen atoms in total. The van der Waals surface area contributed by atoms with Crippen molar-refractivity contribution >= 4 is 131 Å². The number of ether oxygens (including phenoxy) is 6. The highest BCUT2D eigenvalue weighted by molar-refractivity contribution is 9.11.